The lowest BCUT2D eigenvalue weighted by Gasteiger charge is -2.04. The summed E-state index contributed by atoms with van der Waals surface area (Å²) in [6.07, 6.45) is 1.67. The molecule has 1 heterocycles. The van der Waals surface area contributed by atoms with Crippen molar-refractivity contribution in [3.8, 4) is 11.5 Å². The van der Waals surface area contributed by atoms with E-state index in [0.717, 1.165) is 11.5 Å². The van der Waals surface area contributed by atoms with Gasteiger partial charge in [0.05, 0.1) is 13.3 Å². The van der Waals surface area contributed by atoms with Crippen LogP contribution in [0.4, 0.5) is 0 Å². The molecular weight excluding hydrogens is 206 g/mol. The number of aryl methyl sites for hydroxylation is 1. The van der Waals surface area contributed by atoms with E-state index in [-0.39, 0.29) is 0 Å². The van der Waals surface area contributed by atoms with E-state index in [1.165, 1.54) is 0 Å². The summed E-state index contributed by atoms with van der Waals surface area (Å²) in [6.45, 7) is 2.18. The first kappa shape index (κ1) is 10.5. The highest BCUT2D eigenvalue weighted by Crippen LogP contribution is 2.18. The van der Waals surface area contributed by atoms with Gasteiger partial charge in [0.1, 0.15) is 18.1 Å². The Morgan fingerprint density at radius 3 is 2.44 bits per heavy atom. The van der Waals surface area contributed by atoms with Gasteiger partial charge in [0, 0.05) is 6.92 Å². The van der Waals surface area contributed by atoms with E-state index in [4.69, 9.17) is 13.9 Å². The molecule has 0 bridgehead atoms. The number of oxazole rings is 1. The van der Waals surface area contributed by atoms with Crippen LogP contribution in [0, 0.1) is 6.92 Å². The average Bonchev–Trinajstić information content (AvgIpc) is 2.73. The predicted molar refractivity (Wildman–Crippen MR) is 58.6 cm³/mol. The molecule has 2 aromatic rings. The Balaban J connectivity index is 1.94. The van der Waals surface area contributed by atoms with Gasteiger partial charge in [-0.3, -0.25) is 0 Å². The molecule has 0 saturated heterocycles. The van der Waals surface area contributed by atoms with Crippen LogP contribution in [-0.2, 0) is 6.61 Å². The smallest absolute Gasteiger partial charge is 0.191 e. The third-order valence-electron chi connectivity index (χ3n) is 2.11. The molecule has 0 fully saturated rings. The first-order chi connectivity index (χ1) is 7.78. The third kappa shape index (κ3) is 2.53. The predicted octanol–water partition coefficient (Wildman–Crippen LogP) is 2.57. The summed E-state index contributed by atoms with van der Waals surface area (Å²) < 4.78 is 15.9. The minimum atomic E-state index is 0.382. The highest BCUT2D eigenvalue weighted by atomic mass is 16.5. The zero-order valence-electron chi connectivity index (χ0n) is 9.27. The molecule has 0 N–H and O–H groups in total. The number of hydrogen-bond donors (Lipinski definition) is 0. The van der Waals surface area contributed by atoms with Gasteiger partial charge in [0.25, 0.3) is 0 Å². The van der Waals surface area contributed by atoms with Crippen molar-refractivity contribution in [1.82, 2.24) is 4.98 Å². The number of aromatic nitrogens is 1. The third-order valence-corrected chi connectivity index (χ3v) is 2.11. The highest BCUT2D eigenvalue weighted by Gasteiger charge is 2.01. The van der Waals surface area contributed by atoms with E-state index in [9.17, 15) is 0 Å². The van der Waals surface area contributed by atoms with Gasteiger partial charge in [-0.05, 0) is 24.3 Å². The fourth-order valence-corrected chi connectivity index (χ4v) is 1.30. The molecule has 84 valence electrons. The summed E-state index contributed by atoms with van der Waals surface area (Å²) in [5.41, 5.74) is 0. The molecule has 0 unspecified atom stereocenters. The molecule has 4 nitrogen and oxygen atoms in total. The van der Waals surface area contributed by atoms with Crippen molar-refractivity contribution in [1.29, 1.82) is 0 Å². The maximum atomic E-state index is 5.52. The topological polar surface area (TPSA) is 44.5 Å². The van der Waals surface area contributed by atoms with E-state index in [2.05, 4.69) is 4.98 Å². The lowest BCUT2D eigenvalue weighted by atomic mass is 10.3. The number of rotatable bonds is 4. The van der Waals surface area contributed by atoms with Gasteiger partial charge in [-0.25, -0.2) is 4.98 Å². The van der Waals surface area contributed by atoms with Gasteiger partial charge in [0.2, 0.25) is 0 Å². The number of ether oxygens (including phenoxy) is 2. The van der Waals surface area contributed by atoms with Crippen LogP contribution in [-0.4, -0.2) is 12.1 Å². The summed E-state index contributed by atoms with van der Waals surface area (Å²) >= 11 is 0. The van der Waals surface area contributed by atoms with Crippen molar-refractivity contribution in [2.75, 3.05) is 7.11 Å². The molecule has 0 spiro atoms. The number of hydrogen-bond acceptors (Lipinski definition) is 4. The second kappa shape index (κ2) is 4.70. The normalized spacial score (nSPS) is 10.1. The Morgan fingerprint density at radius 2 is 1.88 bits per heavy atom. The van der Waals surface area contributed by atoms with Crippen LogP contribution in [0.15, 0.2) is 34.9 Å². The number of methoxy groups -OCH3 is 1. The van der Waals surface area contributed by atoms with Crippen molar-refractivity contribution in [3.63, 3.8) is 0 Å². The monoisotopic (exact) mass is 219 g/mol. The van der Waals surface area contributed by atoms with Crippen LogP contribution in [0.1, 0.15) is 11.7 Å². The number of nitrogens with zero attached hydrogens (tertiary/aromatic N) is 1. The SMILES string of the molecule is COc1ccc(OCc2cnc(C)o2)cc1. The van der Waals surface area contributed by atoms with Crippen molar-refractivity contribution < 1.29 is 13.9 Å². The molecule has 0 aliphatic heterocycles. The quantitative estimate of drug-likeness (QED) is 0.792. The molecule has 0 radical (unpaired) electrons. The highest BCUT2D eigenvalue weighted by molar-refractivity contribution is 5.31. The molecule has 0 amide bonds. The fourth-order valence-electron chi connectivity index (χ4n) is 1.30. The largest absolute Gasteiger partial charge is 0.497 e. The zero-order chi connectivity index (χ0) is 11.4. The van der Waals surface area contributed by atoms with Crippen LogP contribution in [0.25, 0.3) is 0 Å². The van der Waals surface area contributed by atoms with Gasteiger partial charge >= 0.3 is 0 Å². The molecule has 0 aliphatic rings. The molecule has 0 saturated carbocycles. The first-order valence-corrected chi connectivity index (χ1v) is 4.96. The first-order valence-electron chi connectivity index (χ1n) is 4.96. The van der Waals surface area contributed by atoms with Gasteiger partial charge in [-0.2, -0.15) is 0 Å². The van der Waals surface area contributed by atoms with Crippen molar-refractivity contribution in [2.45, 2.75) is 13.5 Å². The standard InChI is InChI=1S/C12H13NO3/c1-9-13-7-12(16-9)8-15-11-5-3-10(14-2)4-6-11/h3-7H,8H2,1-2H3. The Hall–Kier alpha value is -1.97. The van der Waals surface area contributed by atoms with Crippen LogP contribution in [0.5, 0.6) is 11.5 Å². The molecule has 1 aromatic heterocycles. The molecule has 16 heavy (non-hydrogen) atoms. The molecule has 2 rings (SSSR count). The zero-order valence-corrected chi connectivity index (χ0v) is 9.27. The molecule has 0 atom stereocenters. The second-order valence-corrected chi connectivity index (χ2v) is 3.31. The minimum Gasteiger partial charge on any atom is -0.497 e. The van der Waals surface area contributed by atoms with E-state index >= 15 is 0 Å². The van der Waals surface area contributed by atoms with E-state index in [1.54, 1.807) is 20.2 Å². The summed E-state index contributed by atoms with van der Waals surface area (Å²) in [5, 5.41) is 0. The average molecular weight is 219 g/mol. The van der Waals surface area contributed by atoms with Crippen molar-refractivity contribution >= 4 is 0 Å². The van der Waals surface area contributed by atoms with Crippen LogP contribution in [0.3, 0.4) is 0 Å². The molecule has 1 aromatic carbocycles. The van der Waals surface area contributed by atoms with E-state index in [0.29, 0.717) is 18.3 Å². The molecular formula is C12H13NO3. The van der Waals surface area contributed by atoms with E-state index < -0.39 is 0 Å². The maximum absolute atomic E-state index is 5.52. The summed E-state index contributed by atoms with van der Waals surface area (Å²) in [6, 6.07) is 7.39. The van der Waals surface area contributed by atoms with Crippen LogP contribution < -0.4 is 9.47 Å². The van der Waals surface area contributed by atoms with Crippen molar-refractivity contribution in [2.24, 2.45) is 0 Å². The molecule has 0 aliphatic carbocycles. The lowest BCUT2D eigenvalue weighted by molar-refractivity contribution is 0.267. The maximum Gasteiger partial charge on any atom is 0.191 e. The van der Waals surface area contributed by atoms with E-state index in [1.807, 2.05) is 24.3 Å². The van der Waals surface area contributed by atoms with Crippen LogP contribution >= 0.6 is 0 Å². The Bertz CT molecular complexity index is 448. The minimum absolute atomic E-state index is 0.382. The summed E-state index contributed by atoms with van der Waals surface area (Å²) in [4.78, 5) is 3.99. The van der Waals surface area contributed by atoms with Crippen molar-refractivity contribution in [3.05, 3.63) is 42.1 Å². The van der Waals surface area contributed by atoms with Gasteiger partial charge in [-0.15, -0.1) is 0 Å². The Morgan fingerprint density at radius 1 is 1.19 bits per heavy atom. The van der Waals surface area contributed by atoms with Crippen LogP contribution in [0.2, 0.25) is 0 Å². The van der Waals surface area contributed by atoms with Gasteiger partial charge in [0.15, 0.2) is 11.7 Å². The summed E-state index contributed by atoms with van der Waals surface area (Å²) in [5.74, 6) is 2.94. The molecule has 4 heteroatoms. The van der Waals surface area contributed by atoms with Gasteiger partial charge in [-0.1, -0.05) is 0 Å². The second-order valence-electron chi connectivity index (χ2n) is 3.31. The Kier molecular flexibility index (Phi) is 3.10. The lowest BCUT2D eigenvalue weighted by Crippen LogP contribution is -1.93. The fraction of sp³-hybridized carbons (Fsp3) is 0.250. The Labute approximate surface area is 93.8 Å². The summed E-state index contributed by atoms with van der Waals surface area (Å²) in [7, 11) is 1.63. The van der Waals surface area contributed by atoms with Gasteiger partial charge < -0.3 is 13.9 Å². The number of benzene rings is 1.